The number of allylic oxidation sites excluding steroid dienone is 3. The number of aliphatic hydroxyl groups excluding tert-OH is 4. The molecular formula is C30H50O6. The molecule has 0 spiro atoms. The highest BCUT2D eigenvalue weighted by Gasteiger charge is 2.52. The number of aliphatic carboxylic acids is 1. The van der Waals surface area contributed by atoms with Crippen LogP contribution >= 0.6 is 0 Å². The van der Waals surface area contributed by atoms with Crippen LogP contribution in [-0.2, 0) is 4.79 Å². The van der Waals surface area contributed by atoms with Gasteiger partial charge in [-0.15, -0.1) is 0 Å². The summed E-state index contributed by atoms with van der Waals surface area (Å²) in [6.45, 7) is 15.6. The average Bonchev–Trinajstić information content (AvgIpc) is 2.78. The van der Waals surface area contributed by atoms with Crippen LogP contribution in [0.25, 0.3) is 0 Å². The minimum absolute atomic E-state index is 0.0241. The van der Waals surface area contributed by atoms with E-state index >= 15 is 0 Å². The lowest BCUT2D eigenvalue weighted by atomic mass is 9.50. The first kappa shape index (κ1) is 30.8. The lowest BCUT2D eigenvalue weighted by Crippen LogP contribution is -2.52. The molecule has 1 saturated carbocycles. The molecule has 2 aliphatic carbocycles. The summed E-state index contributed by atoms with van der Waals surface area (Å²) in [7, 11) is 0. The van der Waals surface area contributed by atoms with Gasteiger partial charge >= 0.3 is 5.97 Å². The molecule has 206 valence electrons. The highest BCUT2D eigenvalue weighted by Crippen LogP contribution is 2.57. The first-order valence-electron chi connectivity index (χ1n) is 13.6. The van der Waals surface area contributed by atoms with Crippen molar-refractivity contribution in [3.8, 4) is 0 Å². The smallest absolute Gasteiger partial charge is 0.330 e. The van der Waals surface area contributed by atoms with Crippen LogP contribution in [0.4, 0.5) is 0 Å². The van der Waals surface area contributed by atoms with Gasteiger partial charge in [-0.2, -0.15) is 0 Å². The van der Waals surface area contributed by atoms with Crippen molar-refractivity contribution in [1.82, 2.24) is 0 Å². The van der Waals surface area contributed by atoms with Crippen molar-refractivity contribution >= 4 is 5.97 Å². The monoisotopic (exact) mass is 506 g/mol. The molecular weight excluding hydrogens is 456 g/mol. The fourth-order valence-electron chi connectivity index (χ4n) is 6.92. The average molecular weight is 507 g/mol. The van der Waals surface area contributed by atoms with Crippen molar-refractivity contribution in [1.29, 1.82) is 0 Å². The van der Waals surface area contributed by atoms with E-state index in [-0.39, 0.29) is 36.0 Å². The van der Waals surface area contributed by atoms with Gasteiger partial charge in [0.1, 0.15) is 0 Å². The second-order valence-corrected chi connectivity index (χ2v) is 12.3. The Morgan fingerprint density at radius 3 is 2.33 bits per heavy atom. The van der Waals surface area contributed by atoms with E-state index in [2.05, 4.69) is 26.8 Å². The molecule has 5 N–H and O–H groups in total. The van der Waals surface area contributed by atoms with Crippen LogP contribution < -0.4 is 0 Å². The van der Waals surface area contributed by atoms with Gasteiger partial charge in [-0.3, -0.25) is 0 Å². The molecule has 0 aromatic carbocycles. The van der Waals surface area contributed by atoms with Crippen molar-refractivity contribution in [2.75, 3.05) is 0 Å². The topological polar surface area (TPSA) is 118 Å². The molecule has 36 heavy (non-hydrogen) atoms. The molecule has 0 aromatic rings. The SMILES string of the molecule is CC(=CC1C(C(C)=CCC(O)CC(O)C(C)C(O)C(C)C)C(C)=CC2(C)C(O)CCC(C)C12)C(=O)O. The number of aliphatic hydroxyl groups is 4. The lowest BCUT2D eigenvalue weighted by molar-refractivity contribution is -0.132. The van der Waals surface area contributed by atoms with E-state index in [1.54, 1.807) is 13.8 Å². The van der Waals surface area contributed by atoms with Crippen molar-refractivity contribution in [3.05, 3.63) is 34.9 Å². The zero-order chi connectivity index (χ0) is 27.5. The molecule has 10 unspecified atom stereocenters. The Morgan fingerprint density at radius 1 is 1.17 bits per heavy atom. The number of fused-ring (bicyclic) bond motifs is 1. The Bertz CT molecular complexity index is 858. The summed E-state index contributed by atoms with van der Waals surface area (Å²) in [5.74, 6) is -0.923. The number of hydrogen-bond donors (Lipinski definition) is 5. The summed E-state index contributed by atoms with van der Waals surface area (Å²) in [6, 6.07) is 0. The molecule has 2 aliphatic rings. The summed E-state index contributed by atoms with van der Waals surface area (Å²) in [6.07, 6.45) is 5.63. The van der Waals surface area contributed by atoms with Gasteiger partial charge in [-0.25, -0.2) is 4.79 Å². The van der Waals surface area contributed by atoms with E-state index < -0.39 is 35.8 Å². The largest absolute Gasteiger partial charge is 0.478 e. The van der Waals surface area contributed by atoms with Crippen LogP contribution in [0.5, 0.6) is 0 Å². The molecule has 1 fully saturated rings. The third-order valence-corrected chi connectivity index (χ3v) is 9.10. The fourth-order valence-corrected chi connectivity index (χ4v) is 6.92. The van der Waals surface area contributed by atoms with E-state index in [1.165, 1.54) is 0 Å². The number of carboxylic acid groups (broad SMARTS) is 1. The summed E-state index contributed by atoms with van der Waals surface area (Å²) < 4.78 is 0. The number of carbonyl (C=O) groups is 1. The Hall–Kier alpha value is -1.47. The normalized spacial score (nSPS) is 35.0. The Morgan fingerprint density at radius 2 is 1.78 bits per heavy atom. The van der Waals surface area contributed by atoms with Crippen molar-refractivity contribution in [3.63, 3.8) is 0 Å². The van der Waals surface area contributed by atoms with Gasteiger partial charge in [-0.05, 0) is 70.1 Å². The van der Waals surface area contributed by atoms with Gasteiger partial charge in [-0.1, -0.05) is 64.0 Å². The van der Waals surface area contributed by atoms with Crippen molar-refractivity contribution in [2.45, 2.75) is 105 Å². The van der Waals surface area contributed by atoms with Crippen LogP contribution in [0.3, 0.4) is 0 Å². The first-order valence-corrected chi connectivity index (χ1v) is 13.6. The molecule has 0 radical (unpaired) electrons. The van der Waals surface area contributed by atoms with Gasteiger partial charge in [0, 0.05) is 22.8 Å². The van der Waals surface area contributed by atoms with Crippen LogP contribution in [0.1, 0.15) is 81.1 Å². The number of rotatable bonds is 10. The second kappa shape index (κ2) is 12.4. The van der Waals surface area contributed by atoms with E-state index in [4.69, 9.17) is 0 Å². The van der Waals surface area contributed by atoms with Crippen LogP contribution in [-0.4, -0.2) is 55.9 Å². The summed E-state index contributed by atoms with van der Waals surface area (Å²) in [4.78, 5) is 11.8. The predicted octanol–water partition coefficient (Wildman–Crippen LogP) is 4.72. The molecule has 0 heterocycles. The Labute approximate surface area is 217 Å². The van der Waals surface area contributed by atoms with Gasteiger partial charge < -0.3 is 25.5 Å². The molecule has 0 aromatic heterocycles. The lowest BCUT2D eigenvalue weighted by Gasteiger charge is -2.55. The van der Waals surface area contributed by atoms with Gasteiger partial charge in [0.25, 0.3) is 0 Å². The molecule has 0 aliphatic heterocycles. The van der Waals surface area contributed by atoms with E-state index in [9.17, 15) is 30.3 Å². The molecule has 0 saturated heterocycles. The Balaban J connectivity index is 2.33. The van der Waals surface area contributed by atoms with Crippen molar-refractivity contribution < 1.29 is 30.3 Å². The van der Waals surface area contributed by atoms with Gasteiger partial charge in [0.05, 0.1) is 24.4 Å². The molecule has 2 rings (SSSR count). The van der Waals surface area contributed by atoms with E-state index in [0.29, 0.717) is 17.9 Å². The maximum Gasteiger partial charge on any atom is 0.330 e. The minimum atomic E-state index is -0.935. The van der Waals surface area contributed by atoms with E-state index in [1.807, 2.05) is 32.9 Å². The maximum absolute atomic E-state index is 11.8. The van der Waals surface area contributed by atoms with Gasteiger partial charge in [0.2, 0.25) is 0 Å². The number of carboxylic acids is 1. The highest BCUT2D eigenvalue weighted by molar-refractivity contribution is 5.85. The zero-order valence-corrected chi connectivity index (χ0v) is 23.5. The molecule has 6 heteroatoms. The quantitative estimate of drug-likeness (QED) is 0.216. The summed E-state index contributed by atoms with van der Waals surface area (Å²) in [5.41, 5.74) is 2.05. The van der Waals surface area contributed by atoms with Crippen LogP contribution in [0.15, 0.2) is 34.9 Å². The summed E-state index contributed by atoms with van der Waals surface area (Å²) >= 11 is 0. The minimum Gasteiger partial charge on any atom is -0.478 e. The van der Waals surface area contributed by atoms with Crippen LogP contribution in [0, 0.1) is 40.9 Å². The Kier molecular flexibility index (Phi) is 10.6. The van der Waals surface area contributed by atoms with Gasteiger partial charge in [0.15, 0.2) is 0 Å². The van der Waals surface area contributed by atoms with Crippen LogP contribution in [0.2, 0.25) is 0 Å². The first-order chi connectivity index (χ1) is 16.6. The third kappa shape index (κ3) is 6.69. The molecule has 0 amide bonds. The molecule has 6 nitrogen and oxygen atoms in total. The molecule has 10 atom stereocenters. The number of hydrogen-bond acceptors (Lipinski definition) is 5. The standard InChI is InChI=1S/C30H50O6/c1-16(2)28(34)21(7)24(32)14-22(31)11-9-17(3)26-20(6)15-30(8)25(33)12-10-18(4)27(30)23(26)13-19(5)29(35)36/h9,13,15-16,18,21-28,31-34H,10-12,14H2,1-8H3,(H,35,36). The predicted molar refractivity (Wildman–Crippen MR) is 143 cm³/mol. The third-order valence-electron chi connectivity index (χ3n) is 9.10. The van der Waals surface area contributed by atoms with Crippen molar-refractivity contribution in [2.24, 2.45) is 40.9 Å². The van der Waals surface area contributed by atoms with E-state index in [0.717, 1.165) is 24.0 Å². The fraction of sp³-hybridized carbons (Fsp3) is 0.767. The zero-order valence-electron chi connectivity index (χ0n) is 23.5. The highest BCUT2D eigenvalue weighted by atomic mass is 16.4. The summed E-state index contributed by atoms with van der Waals surface area (Å²) in [5, 5.41) is 52.1. The molecule has 0 bridgehead atoms. The second-order valence-electron chi connectivity index (χ2n) is 12.3. The maximum atomic E-state index is 11.8.